The van der Waals surface area contributed by atoms with Crippen LogP contribution >= 0.6 is 11.3 Å². The predicted molar refractivity (Wildman–Crippen MR) is 97.6 cm³/mol. The third kappa shape index (κ3) is 4.12. The van der Waals surface area contributed by atoms with E-state index >= 15 is 0 Å². The van der Waals surface area contributed by atoms with Crippen LogP contribution in [0, 0.1) is 6.92 Å². The van der Waals surface area contributed by atoms with E-state index in [1.165, 1.54) is 4.31 Å². The van der Waals surface area contributed by atoms with Crippen LogP contribution in [0.1, 0.15) is 18.4 Å². The fourth-order valence-corrected chi connectivity index (χ4v) is 6.55. The van der Waals surface area contributed by atoms with Crippen molar-refractivity contribution in [2.24, 2.45) is 0 Å². The highest BCUT2D eigenvalue weighted by Gasteiger charge is 2.31. The van der Waals surface area contributed by atoms with Gasteiger partial charge in [0.15, 0.2) is 0 Å². The van der Waals surface area contributed by atoms with Gasteiger partial charge in [0.05, 0.1) is 4.90 Å². The van der Waals surface area contributed by atoms with Gasteiger partial charge < -0.3 is 0 Å². The van der Waals surface area contributed by atoms with Gasteiger partial charge in [0.2, 0.25) is 20.0 Å². The Hall–Kier alpha value is -1.26. The second-order valence-electron chi connectivity index (χ2n) is 6.04. The van der Waals surface area contributed by atoms with E-state index in [0.29, 0.717) is 25.9 Å². The number of hydrogen-bond acceptors (Lipinski definition) is 5. The molecule has 0 radical (unpaired) electrons. The highest BCUT2D eigenvalue weighted by atomic mass is 32.2. The molecule has 1 aliphatic rings. The van der Waals surface area contributed by atoms with Crippen LogP contribution in [0.4, 0.5) is 0 Å². The molecule has 0 atom stereocenters. The Morgan fingerprint density at radius 2 is 1.68 bits per heavy atom. The Morgan fingerprint density at radius 1 is 1.04 bits per heavy atom. The van der Waals surface area contributed by atoms with Crippen LogP contribution in [0.2, 0.25) is 0 Å². The first-order valence-corrected chi connectivity index (χ1v) is 11.7. The number of hydrogen-bond donors (Lipinski definition) is 1. The van der Waals surface area contributed by atoms with Crippen molar-refractivity contribution >= 4 is 31.4 Å². The molecule has 25 heavy (non-hydrogen) atoms. The summed E-state index contributed by atoms with van der Waals surface area (Å²) >= 11 is 1.16. The van der Waals surface area contributed by atoms with Gasteiger partial charge >= 0.3 is 0 Å². The van der Waals surface area contributed by atoms with E-state index in [2.05, 4.69) is 4.72 Å². The Bertz CT molecular complexity index is 912. The molecule has 1 aromatic carbocycles. The van der Waals surface area contributed by atoms with E-state index < -0.39 is 20.0 Å². The largest absolute Gasteiger partial charge is 0.250 e. The Kier molecular flexibility index (Phi) is 5.31. The third-order valence-corrected chi connectivity index (χ3v) is 9.03. The second-order valence-corrected chi connectivity index (χ2v) is 10.9. The maximum Gasteiger partial charge on any atom is 0.250 e. The van der Waals surface area contributed by atoms with Gasteiger partial charge in [0.25, 0.3) is 0 Å². The maximum absolute atomic E-state index is 12.7. The summed E-state index contributed by atoms with van der Waals surface area (Å²) in [6.45, 7) is 2.50. The summed E-state index contributed by atoms with van der Waals surface area (Å²) < 4.78 is 54.2. The number of thiophene rings is 1. The Labute approximate surface area is 152 Å². The first-order chi connectivity index (χ1) is 11.8. The van der Waals surface area contributed by atoms with E-state index in [9.17, 15) is 16.8 Å². The average Bonchev–Trinajstić information content (AvgIpc) is 3.11. The third-order valence-electron chi connectivity index (χ3n) is 4.19. The van der Waals surface area contributed by atoms with E-state index in [4.69, 9.17) is 0 Å². The van der Waals surface area contributed by atoms with Crippen molar-refractivity contribution in [1.82, 2.24) is 9.03 Å². The Balaban J connectivity index is 1.65. The molecule has 1 aliphatic heterocycles. The number of piperidine rings is 1. The van der Waals surface area contributed by atoms with Crippen LogP contribution in [-0.4, -0.2) is 40.3 Å². The number of nitrogens with zero attached hydrogens (tertiary/aromatic N) is 1. The zero-order valence-corrected chi connectivity index (χ0v) is 16.2. The highest BCUT2D eigenvalue weighted by molar-refractivity contribution is 7.91. The maximum atomic E-state index is 12.7. The van der Waals surface area contributed by atoms with Gasteiger partial charge in [0, 0.05) is 19.1 Å². The molecule has 0 aliphatic carbocycles. The second kappa shape index (κ2) is 7.16. The molecular formula is C16H20N2O4S3. The zero-order chi connectivity index (χ0) is 18.1. The van der Waals surface area contributed by atoms with Gasteiger partial charge in [0.1, 0.15) is 4.21 Å². The van der Waals surface area contributed by atoms with E-state index in [1.807, 2.05) is 6.92 Å². The molecule has 0 unspecified atom stereocenters. The average molecular weight is 401 g/mol. The molecule has 136 valence electrons. The molecule has 1 aromatic heterocycles. The normalized spacial score (nSPS) is 17.6. The minimum absolute atomic E-state index is 0.253. The molecule has 3 rings (SSSR count). The van der Waals surface area contributed by atoms with Crippen LogP contribution in [0.25, 0.3) is 0 Å². The fourth-order valence-electron chi connectivity index (χ4n) is 2.77. The monoisotopic (exact) mass is 400 g/mol. The summed E-state index contributed by atoms with van der Waals surface area (Å²) in [7, 11) is -7.06. The molecule has 0 bridgehead atoms. The standard InChI is InChI=1S/C16H20N2O4S3/c1-13-4-6-15(7-5-13)25(21,22)18-10-8-14(9-11-18)17-24(19,20)16-3-2-12-23-16/h2-7,12,14,17H,8-11H2,1H3. The van der Waals surface area contributed by atoms with Gasteiger partial charge in [-0.3, -0.25) is 0 Å². The summed E-state index contributed by atoms with van der Waals surface area (Å²) in [5, 5.41) is 1.71. The van der Waals surface area contributed by atoms with Crippen molar-refractivity contribution in [2.75, 3.05) is 13.1 Å². The lowest BCUT2D eigenvalue weighted by atomic mass is 10.1. The number of benzene rings is 1. The summed E-state index contributed by atoms with van der Waals surface area (Å²) in [4.78, 5) is 0.274. The summed E-state index contributed by atoms with van der Waals surface area (Å²) in [6, 6.07) is 9.76. The van der Waals surface area contributed by atoms with Crippen molar-refractivity contribution < 1.29 is 16.8 Å². The topological polar surface area (TPSA) is 83.6 Å². The van der Waals surface area contributed by atoms with Gasteiger partial charge in [-0.1, -0.05) is 23.8 Å². The zero-order valence-electron chi connectivity index (χ0n) is 13.8. The molecule has 2 heterocycles. The van der Waals surface area contributed by atoms with E-state index in [1.54, 1.807) is 41.8 Å². The summed E-state index contributed by atoms with van der Waals surface area (Å²) in [6.07, 6.45) is 0.908. The van der Waals surface area contributed by atoms with Gasteiger partial charge in [-0.05, 0) is 43.3 Å². The van der Waals surface area contributed by atoms with Gasteiger partial charge in [-0.25, -0.2) is 21.6 Å². The summed E-state index contributed by atoms with van der Waals surface area (Å²) in [5.74, 6) is 0. The molecule has 6 nitrogen and oxygen atoms in total. The van der Waals surface area contributed by atoms with Crippen molar-refractivity contribution in [1.29, 1.82) is 0 Å². The summed E-state index contributed by atoms with van der Waals surface area (Å²) in [5.41, 5.74) is 1.00. The highest BCUT2D eigenvalue weighted by Crippen LogP contribution is 2.23. The first-order valence-electron chi connectivity index (χ1n) is 7.92. The molecule has 2 aromatic rings. The molecule has 0 saturated carbocycles. The SMILES string of the molecule is Cc1ccc(S(=O)(=O)N2CCC(NS(=O)(=O)c3cccs3)CC2)cc1. The van der Waals surface area contributed by atoms with E-state index in [-0.39, 0.29) is 15.1 Å². The predicted octanol–water partition coefficient (Wildman–Crippen LogP) is 2.19. The lowest BCUT2D eigenvalue weighted by molar-refractivity contribution is 0.308. The molecule has 0 amide bonds. The smallest absolute Gasteiger partial charge is 0.207 e. The molecule has 1 N–H and O–H groups in total. The van der Waals surface area contributed by atoms with Crippen LogP contribution in [-0.2, 0) is 20.0 Å². The van der Waals surface area contributed by atoms with Crippen molar-refractivity contribution in [3.8, 4) is 0 Å². The quantitative estimate of drug-likeness (QED) is 0.834. The van der Waals surface area contributed by atoms with Crippen LogP contribution in [0.15, 0.2) is 50.9 Å². The molecule has 9 heteroatoms. The van der Waals surface area contributed by atoms with Gasteiger partial charge in [-0.2, -0.15) is 4.31 Å². The van der Waals surface area contributed by atoms with Crippen LogP contribution in [0.5, 0.6) is 0 Å². The fraction of sp³-hybridized carbons (Fsp3) is 0.375. The lowest BCUT2D eigenvalue weighted by Gasteiger charge is -2.31. The lowest BCUT2D eigenvalue weighted by Crippen LogP contribution is -2.46. The number of rotatable bonds is 5. The molecule has 1 saturated heterocycles. The van der Waals surface area contributed by atoms with Crippen molar-refractivity contribution in [2.45, 2.75) is 34.9 Å². The molecule has 0 spiro atoms. The number of aryl methyl sites for hydroxylation is 1. The minimum atomic E-state index is -3.53. The minimum Gasteiger partial charge on any atom is -0.207 e. The van der Waals surface area contributed by atoms with Gasteiger partial charge in [-0.15, -0.1) is 11.3 Å². The van der Waals surface area contributed by atoms with E-state index in [0.717, 1.165) is 16.9 Å². The number of sulfonamides is 2. The van der Waals surface area contributed by atoms with Crippen LogP contribution < -0.4 is 4.72 Å². The van der Waals surface area contributed by atoms with Crippen LogP contribution in [0.3, 0.4) is 0 Å². The number of nitrogens with one attached hydrogen (secondary N) is 1. The first kappa shape index (κ1) is 18.5. The Morgan fingerprint density at radius 3 is 2.24 bits per heavy atom. The molecular weight excluding hydrogens is 380 g/mol. The van der Waals surface area contributed by atoms with Crippen molar-refractivity contribution in [3.05, 3.63) is 47.3 Å². The molecule has 1 fully saturated rings. The van der Waals surface area contributed by atoms with Crippen molar-refractivity contribution in [3.63, 3.8) is 0 Å².